The lowest BCUT2D eigenvalue weighted by Gasteiger charge is -2.32. The lowest BCUT2D eigenvalue weighted by Crippen LogP contribution is -2.47. The SMILES string of the molecule is Cc1ccc(S(=O)(=O)N2CCCC2(C)CO)cc1. The average Bonchev–Trinajstić information content (AvgIpc) is 2.73. The van der Waals surface area contributed by atoms with Crippen LogP contribution in [0.4, 0.5) is 0 Å². The zero-order chi connectivity index (χ0) is 13.4. The van der Waals surface area contributed by atoms with Crippen molar-refractivity contribution in [2.75, 3.05) is 13.2 Å². The van der Waals surface area contributed by atoms with Gasteiger partial charge in [0.2, 0.25) is 10.0 Å². The molecule has 0 bridgehead atoms. The number of hydrogen-bond donors (Lipinski definition) is 1. The minimum Gasteiger partial charge on any atom is -0.394 e. The van der Waals surface area contributed by atoms with Gasteiger partial charge >= 0.3 is 0 Å². The van der Waals surface area contributed by atoms with Crippen molar-refractivity contribution in [2.45, 2.75) is 37.1 Å². The summed E-state index contributed by atoms with van der Waals surface area (Å²) in [4.78, 5) is 0.301. The van der Waals surface area contributed by atoms with E-state index in [0.717, 1.165) is 12.0 Å². The first-order valence-corrected chi connectivity index (χ1v) is 7.54. The van der Waals surface area contributed by atoms with Gasteiger partial charge in [-0.25, -0.2) is 8.42 Å². The molecule has 0 aromatic heterocycles. The van der Waals surface area contributed by atoms with Gasteiger partial charge in [0.1, 0.15) is 0 Å². The lowest BCUT2D eigenvalue weighted by atomic mass is 10.0. The van der Waals surface area contributed by atoms with E-state index in [0.29, 0.717) is 17.9 Å². The second-order valence-electron chi connectivity index (χ2n) is 5.15. The molecule has 0 spiro atoms. The van der Waals surface area contributed by atoms with Gasteiger partial charge in [-0.3, -0.25) is 0 Å². The zero-order valence-electron chi connectivity index (χ0n) is 10.8. The van der Waals surface area contributed by atoms with Gasteiger partial charge in [-0.05, 0) is 38.8 Å². The summed E-state index contributed by atoms with van der Waals surface area (Å²) in [5, 5.41) is 9.44. The minimum absolute atomic E-state index is 0.141. The maximum atomic E-state index is 12.5. The van der Waals surface area contributed by atoms with Crippen LogP contribution in [-0.2, 0) is 10.0 Å². The van der Waals surface area contributed by atoms with Gasteiger partial charge in [0, 0.05) is 6.54 Å². The van der Waals surface area contributed by atoms with Crippen LogP contribution in [0.5, 0.6) is 0 Å². The highest BCUT2D eigenvalue weighted by Crippen LogP contribution is 2.33. The van der Waals surface area contributed by atoms with Crippen molar-refractivity contribution < 1.29 is 13.5 Å². The van der Waals surface area contributed by atoms with Crippen molar-refractivity contribution in [1.29, 1.82) is 0 Å². The Balaban J connectivity index is 2.40. The molecule has 1 aliphatic rings. The Morgan fingerprint density at radius 3 is 2.50 bits per heavy atom. The molecule has 5 heteroatoms. The van der Waals surface area contributed by atoms with Crippen molar-refractivity contribution in [2.24, 2.45) is 0 Å². The van der Waals surface area contributed by atoms with Gasteiger partial charge in [0.25, 0.3) is 0 Å². The number of nitrogens with zero attached hydrogens (tertiary/aromatic N) is 1. The van der Waals surface area contributed by atoms with Crippen molar-refractivity contribution in [3.63, 3.8) is 0 Å². The fourth-order valence-corrected chi connectivity index (χ4v) is 4.24. The van der Waals surface area contributed by atoms with E-state index in [2.05, 4.69) is 0 Å². The first kappa shape index (κ1) is 13.5. The molecule has 1 N–H and O–H groups in total. The number of benzene rings is 1. The van der Waals surface area contributed by atoms with Crippen LogP contribution in [-0.4, -0.2) is 36.5 Å². The van der Waals surface area contributed by atoms with Crippen LogP contribution in [0.1, 0.15) is 25.3 Å². The average molecular weight is 269 g/mol. The molecule has 100 valence electrons. The highest BCUT2D eigenvalue weighted by atomic mass is 32.2. The van der Waals surface area contributed by atoms with Gasteiger partial charge in [0.15, 0.2) is 0 Å². The summed E-state index contributed by atoms with van der Waals surface area (Å²) in [5.41, 5.74) is 0.365. The third kappa shape index (κ3) is 2.18. The first-order valence-electron chi connectivity index (χ1n) is 6.10. The second-order valence-corrected chi connectivity index (χ2v) is 7.01. The number of aryl methyl sites for hydroxylation is 1. The summed E-state index contributed by atoms with van der Waals surface area (Å²) in [7, 11) is -3.50. The van der Waals surface area contributed by atoms with Crippen molar-refractivity contribution in [3.8, 4) is 0 Å². The molecule has 1 aromatic rings. The normalized spacial score (nSPS) is 25.5. The van der Waals surface area contributed by atoms with Crippen LogP contribution in [0.25, 0.3) is 0 Å². The number of aliphatic hydroxyl groups is 1. The monoisotopic (exact) mass is 269 g/mol. The Bertz CT molecular complexity index is 524. The van der Waals surface area contributed by atoms with E-state index in [-0.39, 0.29) is 6.61 Å². The van der Waals surface area contributed by atoms with Crippen LogP contribution in [0.3, 0.4) is 0 Å². The molecule has 1 heterocycles. The quantitative estimate of drug-likeness (QED) is 0.905. The summed E-state index contributed by atoms with van der Waals surface area (Å²) in [6.45, 7) is 4.06. The number of sulfonamides is 1. The van der Waals surface area contributed by atoms with Gasteiger partial charge in [-0.1, -0.05) is 17.7 Å². The number of hydrogen-bond acceptors (Lipinski definition) is 3. The highest BCUT2D eigenvalue weighted by molar-refractivity contribution is 7.89. The summed E-state index contributed by atoms with van der Waals surface area (Å²) >= 11 is 0. The molecule has 0 amide bonds. The predicted molar refractivity (Wildman–Crippen MR) is 69.8 cm³/mol. The molecule has 1 aromatic carbocycles. The Morgan fingerprint density at radius 2 is 1.94 bits per heavy atom. The van der Waals surface area contributed by atoms with Crippen LogP contribution < -0.4 is 0 Å². The minimum atomic E-state index is -3.50. The molecule has 18 heavy (non-hydrogen) atoms. The molecule has 1 aliphatic heterocycles. The second kappa shape index (κ2) is 4.64. The molecule has 1 saturated heterocycles. The lowest BCUT2D eigenvalue weighted by molar-refractivity contribution is 0.137. The summed E-state index contributed by atoms with van der Waals surface area (Å²) in [5.74, 6) is 0. The largest absolute Gasteiger partial charge is 0.394 e. The maximum absolute atomic E-state index is 12.5. The molecule has 2 rings (SSSR count). The Hall–Kier alpha value is -0.910. The third-order valence-electron chi connectivity index (χ3n) is 3.63. The fraction of sp³-hybridized carbons (Fsp3) is 0.538. The van der Waals surface area contributed by atoms with Crippen LogP contribution in [0.2, 0.25) is 0 Å². The smallest absolute Gasteiger partial charge is 0.243 e. The van der Waals surface area contributed by atoms with E-state index in [1.807, 2.05) is 6.92 Å². The summed E-state index contributed by atoms with van der Waals surface area (Å²) < 4.78 is 26.5. The van der Waals surface area contributed by atoms with E-state index in [1.165, 1.54) is 4.31 Å². The Labute approximate surface area is 108 Å². The highest BCUT2D eigenvalue weighted by Gasteiger charge is 2.43. The molecule has 1 atom stereocenters. The molecule has 4 nitrogen and oxygen atoms in total. The number of rotatable bonds is 3. The van der Waals surface area contributed by atoms with E-state index < -0.39 is 15.6 Å². The molecule has 0 radical (unpaired) electrons. The van der Waals surface area contributed by atoms with E-state index in [4.69, 9.17) is 0 Å². The topological polar surface area (TPSA) is 57.6 Å². The van der Waals surface area contributed by atoms with Gasteiger partial charge in [-0.15, -0.1) is 0 Å². The van der Waals surface area contributed by atoms with Crippen molar-refractivity contribution in [3.05, 3.63) is 29.8 Å². The van der Waals surface area contributed by atoms with Crippen LogP contribution in [0, 0.1) is 6.92 Å². The van der Waals surface area contributed by atoms with Crippen LogP contribution >= 0.6 is 0 Å². The Kier molecular flexibility index (Phi) is 3.49. The van der Waals surface area contributed by atoms with Crippen molar-refractivity contribution >= 4 is 10.0 Å². The van der Waals surface area contributed by atoms with Crippen molar-refractivity contribution in [1.82, 2.24) is 4.31 Å². The fourth-order valence-electron chi connectivity index (χ4n) is 2.40. The van der Waals surface area contributed by atoms with E-state index >= 15 is 0 Å². The predicted octanol–water partition coefficient (Wildman–Crippen LogP) is 1.53. The van der Waals surface area contributed by atoms with Gasteiger partial charge in [0.05, 0.1) is 17.0 Å². The molecular weight excluding hydrogens is 250 g/mol. The molecule has 1 fully saturated rings. The van der Waals surface area contributed by atoms with E-state index in [1.54, 1.807) is 31.2 Å². The third-order valence-corrected chi connectivity index (χ3v) is 5.70. The molecule has 0 aliphatic carbocycles. The molecule has 0 saturated carbocycles. The molecule has 1 unspecified atom stereocenters. The summed E-state index contributed by atoms with van der Waals surface area (Å²) in [6, 6.07) is 6.83. The maximum Gasteiger partial charge on any atom is 0.243 e. The number of aliphatic hydroxyl groups excluding tert-OH is 1. The first-order chi connectivity index (χ1) is 8.40. The zero-order valence-corrected chi connectivity index (χ0v) is 11.6. The van der Waals surface area contributed by atoms with Gasteiger partial charge in [-0.2, -0.15) is 4.31 Å². The van der Waals surface area contributed by atoms with Crippen LogP contribution in [0.15, 0.2) is 29.2 Å². The Morgan fingerprint density at radius 1 is 1.33 bits per heavy atom. The molecular formula is C13H19NO3S. The standard InChI is InChI=1S/C13H19NO3S/c1-11-4-6-12(7-5-11)18(16,17)14-9-3-8-13(14,2)10-15/h4-7,15H,3,8-10H2,1-2H3. The van der Waals surface area contributed by atoms with E-state index in [9.17, 15) is 13.5 Å². The summed E-state index contributed by atoms with van der Waals surface area (Å²) in [6.07, 6.45) is 1.50. The van der Waals surface area contributed by atoms with Gasteiger partial charge < -0.3 is 5.11 Å².